The molecule has 96 valence electrons. The van der Waals surface area contributed by atoms with Crippen LogP contribution in [0.25, 0.3) is 6.08 Å². The van der Waals surface area contributed by atoms with Crippen LogP contribution >= 0.6 is 0 Å². The number of ether oxygens (including phenoxy) is 2. The van der Waals surface area contributed by atoms with Gasteiger partial charge in [0, 0.05) is 11.6 Å². The Morgan fingerprint density at radius 3 is 2.72 bits per heavy atom. The van der Waals surface area contributed by atoms with Crippen molar-refractivity contribution >= 4 is 18.0 Å². The smallest absolute Gasteiger partial charge is 0.337 e. The number of methoxy groups -OCH3 is 1. The first-order valence-electron chi connectivity index (χ1n) is 5.34. The Hall–Kier alpha value is -2.30. The highest BCUT2D eigenvalue weighted by Gasteiger charge is 2.08. The van der Waals surface area contributed by atoms with E-state index >= 15 is 0 Å². The Bertz CT molecular complexity index is 476. The molecular weight excluding hydrogens is 236 g/mol. The van der Waals surface area contributed by atoms with Crippen molar-refractivity contribution in [2.75, 3.05) is 13.7 Å². The summed E-state index contributed by atoms with van der Waals surface area (Å²) in [4.78, 5) is 22.4. The number of phenolic OH excluding ortho intramolecular Hbond substituents is 1. The van der Waals surface area contributed by atoms with E-state index in [4.69, 9.17) is 4.74 Å². The number of aromatic hydroxyl groups is 1. The van der Waals surface area contributed by atoms with E-state index < -0.39 is 11.9 Å². The average molecular weight is 250 g/mol. The van der Waals surface area contributed by atoms with Gasteiger partial charge in [0.2, 0.25) is 0 Å². The van der Waals surface area contributed by atoms with E-state index in [2.05, 4.69) is 4.74 Å². The third-order valence-electron chi connectivity index (χ3n) is 2.13. The summed E-state index contributed by atoms with van der Waals surface area (Å²) in [7, 11) is 1.27. The highest BCUT2D eigenvalue weighted by atomic mass is 16.5. The first-order chi connectivity index (χ1) is 8.58. The number of phenols is 1. The minimum atomic E-state index is -0.514. The molecule has 0 aliphatic rings. The zero-order valence-corrected chi connectivity index (χ0v) is 10.2. The van der Waals surface area contributed by atoms with Crippen molar-refractivity contribution in [3.05, 3.63) is 35.4 Å². The Morgan fingerprint density at radius 1 is 1.39 bits per heavy atom. The van der Waals surface area contributed by atoms with Crippen LogP contribution in [-0.2, 0) is 14.3 Å². The van der Waals surface area contributed by atoms with E-state index in [1.165, 1.54) is 37.5 Å². The summed E-state index contributed by atoms with van der Waals surface area (Å²) in [6.45, 7) is 1.97. The highest BCUT2D eigenvalue weighted by Crippen LogP contribution is 2.20. The molecule has 0 amide bonds. The molecule has 18 heavy (non-hydrogen) atoms. The Kier molecular flexibility index (Phi) is 4.92. The van der Waals surface area contributed by atoms with Crippen LogP contribution in [0.4, 0.5) is 0 Å². The Morgan fingerprint density at radius 2 is 2.11 bits per heavy atom. The van der Waals surface area contributed by atoms with Gasteiger partial charge in [0.05, 0.1) is 19.3 Å². The second-order valence-electron chi connectivity index (χ2n) is 3.35. The van der Waals surface area contributed by atoms with Crippen LogP contribution in [0.15, 0.2) is 24.3 Å². The van der Waals surface area contributed by atoms with Gasteiger partial charge in [-0.05, 0) is 31.2 Å². The SMILES string of the molecule is CCOC(=O)C=Cc1cc(C(=O)OC)ccc1O. The lowest BCUT2D eigenvalue weighted by atomic mass is 10.1. The van der Waals surface area contributed by atoms with E-state index in [-0.39, 0.29) is 12.4 Å². The molecule has 0 heterocycles. The predicted molar refractivity (Wildman–Crippen MR) is 65.1 cm³/mol. The molecule has 0 bridgehead atoms. The van der Waals surface area contributed by atoms with E-state index in [1.54, 1.807) is 6.92 Å². The highest BCUT2D eigenvalue weighted by molar-refractivity contribution is 5.92. The number of carbonyl (C=O) groups excluding carboxylic acids is 2. The fraction of sp³-hybridized carbons (Fsp3) is 0.231. The van der Waals surface area contributed by atoms with E-state index in [0.717, 1.165) is 0 Å². The van der Waals surface area contributed by atoms with E-state index in [1.807, 2.05) is 0 Å². The molecule has 1 aromatic rings. The van der Waals surface area contributed by atoms with Gasteiger partial charge >= 0.3 is 11.9 Å². The van der Waals surface area contributed by atoms with Crippen molar-refractivity contribution in [3.63, 3.8) is 0 Å². The molecule has 0 saturated heterocycles. The summed E-state index contributed by atoms with van der Waals surface area (Å²) in [5.41, 5.74) is 0.629. The van der Waals surface area contributed by atoms with Crippen LogP contribution in [0.5, 0.6) is 5.75 Å². The number of hydrogen-bond donors (Lipinski definition) is 1. The molecular formula is C13H14O5. The van der Waals surface area contributed by atoms with Crippen LogP contribution in [0, 0.1) is 0 Å². The summed E-state index contributed by atoms with van der Waals surface area (Å²) < 4.78 is 9.26. The monoisotopic (exact) mass is 250 g/mol. The number of benzene rings is 1. The Labute approximate surface area is 105 Å². The fourth-order valence-electron chi connectivity index (χ4n) is 1.28. The number of hydrogen-bond acceptors (Lipinski definition) is 5. The van der Waals surface area contributed by atoms with Gasteiger partial charge in [-0.15, -0.1) is 0 Å². The maximum Gasteiger partial charge on any atom is 0.337 e. The first-order valence-corrected chi connectivity index (χ1v) is 5.34. The predicted octanol–water partition coefficient (Wildman–Crippen LogP) is 1.76. The van der Waals surface area contributed by atoms with Crippen LogP contribution < -0.4 is 0 Å². The van der Waals surface area contributed by atoms with Crippen molar-refractivity contribution in [2.45, 2.75) is 6.92 Å². The van der Waals surface area contributed by atoms with Crippen molar-refractivity contribution in [1.82, 2.24) is 0 Å². The fourth-order valence-corrected chi connectivity index (χ4v) is 1.28. The summed E-state index contributed by atoms with van der Waals surface area (Å²) in [6.07, 6.45) is 2.55. The molecule has 5 heteroatoms. The van der Waals surface area contributed by atoms with Crippen molar-refractivity contribution < 1.29 is 24.2 Å². The molecule has 0 atom stereocenters. The zero-order chi connectivity index (χ0) is 13.5. The second-order valence-corrected chi connectivity index (χ2v) is 3.35. The third-order valence-corrected chi connectivity index (χ3v) is 2.13. The number of carbonyl (C=O) groups is 2. The number of rotatable bonds is 4. The van der Waals surface area contributed by atoms with Gasteiger partial charge in [0.1, 0.15) is 5.75 Å². The zero-order valence-electron chi connectivity index (χ0n) is 10.2. The molecule has 0 unspecified atom stereocenters. The van der Waals surface area contributed by atoms with Gasteiger partial charge in [-0.3, -0.25) is 0 Å². The van der Waals surface area contributed by atoms with Gasteiger partial charge in [0.15, 0.2) is 0 Å². The summed E-state index contributed by atoms with van der Waals surface area (Å²) in [6, 6.07) is 4.22. The normalized spacial score (nSPS) is 10.3. The van der Waals surface area contributed by atoms with E-state index in [9.17, 15) is 14.7 Å². The quantitative estimate of drug-likeness (QED) is 0.651. The molecule has 1 aromatic carbocycles. The van der Waals surface area contributed by atoms with Gasteiger partial charge in [0.25, 0.3) is 0 Å². The summed E-state index contributed by atoms with van der Waals surface area (Å²) >= 11 is 0. The maximum atomic E-state index is 11.3. The van der Waals surface area contributed by atoms with Crippen LogP contribution in [0.2, 0.25) is 0 Å². The minimum Gasteiger partial charge on any atom is -0.507 e. The van der Waals surface area contributed by atoms with Gasteiger partial charge in [-0.25, -0.2) is 9.59 Å². The summed E-state index contributed by atoms with van der Waals surface area (Å²) in [5.74, 6) is -1.07. The molecule has 1 N–H and O–H groups in total. The molecule has 0 aromatic heterocycles. The molecule has 0 aliphatic heterocycles. The molecule has 0 fully saturated rings. The minimum absolute atomic E-state index is 0.0387. The van der Waals surface area contributed by atoms with Gasteiger partial charge < -0.3 is 14.6 Å². The van der Waals surface area contributed by atoms with Gasteiger partial charge in [-0.2, -0.15) is 0 Å². The lowest BCUT2D eigenvalue weighted by Gasteiger charge is -2.03. The molecule has 0 aliphatic carbocycles. The lowest BCUT2D eigenvalue weighted by Crippen LogP contribution is -2.01. The van der Waals surface area contributed by atoms with E-state index in [0.29, 0.717) is 11.1 Å². The van der Waals surface area contributed by atoms with Gasteiger partial charge in [-0.1, -0.05) is 0 Å². The van der Waals surface area contributed by atoms with Crippen LogP contribution in [0.3, 0.4) is 0 Å². The standard InChI is InChI=1S/C13H14O5/c1-3-18-12(15)7-5-9-8-10(13(16)17-2)4-6-11(9)14/h4-8,14H,3H2,1-2H3. The first kappa shape index (κ1) is 13.8. The van der Waals surface area contributed by atoms with Crippen LogP contribution in [-0.4, -0.2) is 30.8 Å². The molecule has 0 saturated carbocycles. The third kappa shape index (κ3) is 3.62. The lowest BCUT2D eigenvalue weighted by molar-refractivity contribution is -0.137. The maximum absolute atomic E-state index is 11.3. The Balaban J connectivity index is 2.94. The summed E-state index contributed by atoms with van der Waals surface area (Å²) in [5, 5.41) is 9.58. The average Bonchev–Trinajstić information content (AvgIpc) is 2.37. The largest absolute Gasteiger partial charge is 0.507 e. The van der Waals surface area contributed by atoms with Crippen LogP contribution in [0.1, 0.15) is 22.8 Å². The van der Waals surface area contributed by atoms with Crippen molar-refractivity contribution in [1.29, 1.82) is 0 Å². The molecule has 1 rings (SSSR count). The topological polar surface area (TPSA) is 72.8 Å². The molecule has 5 nitrogen and oxygen atoms in total. The molecule has 0 radical (unpaired) electrons. The molecule has 0 spiro atoms. The number of esters is 2. The van der Waals surface area contributed by atoms with Crippen molar-refractivity contribution in [2.24, 2.45) is 0 Å². The van der Waals surface area contributed by atoms with Crippen molar-refractivity contribution in [3.8, 4) is 5.75 Å². The second kappa shape index (κ2) is 6.44.